The fourth-order valence-corrected chi connectivity index (χ4v) is 2.84. The van der Waals surface area contributed by atoms with Gasteiger partial charge in [-0.2, -0.15) is 5.10 Å². The molecule has 25 heavy (non-hydrogen) atoms. The standard InChI is InChI=1S/C18H18N4O2S/c1-2-24-14-9-7-13(8-10-14)11-19-22-17(23)12-25-18-20-15-5-3-4-6-16(15)21-18/h3-11H,2,12H2,1H3,(H,20,21)(H,22,23). The van der Waals surface area contributed by atoms with Gasteiger partial charge in [-0.05, 0) is 48.9 Å². The minimum atomic E-state index is -0.187. The van der Waals surface area contributed by atoms with Crippen LogP contribution in [-0.4, -0.2) is 34.4 Å². The number of rotatable bonds is 7. The summed E-state index contributed by atoms with van der Waals surface area (Å²) < 4.78 is 5.37. The number of thioether (sulfide) groups is 1. The molecule has 6 nitrogen and oxygen atoms in total. The first-order chi connectivity index (χ1) is 12.2. The molecule has 0 fully saturated rings. The van der Waals surface area contributed by atoms with Crippen molar-refractivity contribution in [3.8, 4) is 5.75 Å². The van der Waals surface area contributed by atoms with Gasteiger partial charge in [-0.15, -0.1) is 0 Å². The Kier molecular flexibility index (Phi) is 5.69. The average Bonchev–Trinajstić information content (AvgIpc) is 3.05. The Morgan fingerprint density at radius 1 is 1.28 bits per heavy atom. The predicted octanol–water partition coefficient (Wildman–Crippen LogP) is 3.20. The highest BCUT2D eigenvalue weighted by Gasteiger charge is 2.06. The van der Waals surface area contributed by atoms with E-state index in [1.54, 1.807) is 6.21 Å². The first kappa shape index (κ1) is 17.0. The number of carbonyl (C=O) groups is 1. The number of amides is 1. The second-order valence-corrected chi connectivity index (χ2v) is 6.11. The van der Waals surface area contributed by atoms with Gasteiger partial charge in [-0.3, -0.25) is 4.79 Å². The Hall–Kier alpha value is -2.80. The van der Waals surface area contributed by atoms with Gasteiger partial charge in [0.1, 0.15) is 5.75 Å². The van der Waals surface area contributed by atoms with Crippen molar-refractivity contribution in [3.05, 3.63) is 54.1 Å². The summed E-state index contributed by atoms with van der Waals surface area (Å²) in [5.74, 6) is 0.860. The first-order valence-electron chi connectivity index (χ1n) is 7.87. The SMILES string of the molecule is CCOc1ccc(C=NNC(=O)CSc2nc3ccccc3[nH]2)cc1. The molecule has 0 spiro atoms. The number of nitrogens with one attached hydrogen (secondary N) is 2. The maximum absolute atomic E-state index is 11.9. The fraction of sp³-hybridized carbons (Fsp3) is 0.167. The molecule has 128 valence electrons. The highest BCUT2D eigenvalue weighted by atomic mass is 32.2. The molecule has 2 N–H and O–H groups in total. The van der Waals surface area contributed by atoms with Crippen molar-refractivity contribution < 1.29 is 9.53 Å². The van der Waals surface area contributed by atoms with Crippen molar-refractivity contribution in [2.24, 2.45) is 5.10 Å². The van der Waals surface area contributed by atoms with E-state index in [1.165, 1.54) is 11.8 Å². The smallest absolute Gasteiger partial charge is 0.250 e. The molecule has 1 aromatic heterocycles. The summed E-state index contributed by atoms with van der Waals surface area (Å²) >= 11 is 1.34. The summed E-state index contributed by atoms with van der Waals surface area (Å²) in [5, 5.41) is 4.68. The molecule has 0 unspecified atom stereocenters. The van der Waals surface area contributed by atoms with Gasteiger partial charge >= 0.3 is 0 Å². The van der Waals surface area contributed by atoms with E-state index in [9.17, 15) is 4.79 Å². The number of hydrogen-bond donors (Lipinski definition) is 2. The summed E-state index contributed by atoms with van der Waals surface area (Å²) in [5.41, 5.74) is 5.24. The number of aromatic amines is 1. The molecular weight excluding hydrogens is 336 g/mol. The van der Waals surface area contributed by atoms with Crippen LogP contribution in [0, 0.1) is 0 Å². The zero-order chi connectivity index (χ0) is 17.5. The van der Waals surface area contributed by atoms with E-state index in [0.29, 0.717) is 11.8 Å². The van der Waals surface area contributed by atoms with Crippen LogP contribution in [0.5, 0.6) is 5.75 Å². The molecule has 1 heterocycles. The van der Waals surface area contributed by atoms with E-state index in [0.717, 1.165) is 22.3 Å². The number of nitrogens with zero attached hydrogens (tertiary/aromatic N) is 2. The number of para-hydroxylation sites is 2. The third-order valence-corrected chi connectivity index (χ3v) is 4.17. The predicted molar refractivity (Wildman–Crippen MR) is 100 cm³/mol. The van der Waals surface area contributed by atoms with Crippen molar-refractivity contribution in [3.63, 3.8) is 0 Å². The lowest BCUT2D eigenvalue weighted by Crippen LogP contribution is -2.19. The van der Waals surface area contributed by atoms with E-state index >= 15 is 0 Å². The molecule has 0 aliphatic carbocycles. The van der Waals surface area contributed by atoms with Gasteiger partial charge in [0, 0.05) is 0 Å². The molecule has 0 saturated heterocycles. The van der Waals surface area contributed by atoms with E-state index in [4.69, 9.17) is 4.74 Å². The number of benzene rings is 2. The average molecular weight is 354 g/mol. The van der Waals surface area contributed by atoms with Crippen molar-refractivity contribution in [2.45, 2.75) is 12.1 Å². The lowest BCUT2D eigenvalue weighted by Gasteiger charge is -2.02. The minimum absolute atomic E-state index is 0.187. The molecule has 3 aromatic rings. The third-order valence-electron chi connectivity index (χ3n) is 3.30. The number of fused-ring (bicyclic) bond motifs is 1. The lowest BCUT2D eigenvalue weighted by molar-refractivity contribution is -0.118. The second kappa shape index (κ2) is 8.34. The minimum Gasteiger partial charge on any atom is -0.494 e. The van der Waals surface area contributed by atoms with Gasteiger partial charge in [-0.25, -0.2) is 10.4 Å². The van der Waals surface area contributed by atoms with Crippen LogP contribution < -0.4 is 10.2 Å². The molecule has 0 bridgehead atoms. The summed E-state index contributed by atoms with van der Waals surface area (Å²) in [6.07, 6.45) is 1.60. The van der Waals surface area contributed by atoms with E-state index in [1.807, 2.05) is 55.5 Å². The normalized spacial score (nSPS) is 11.1. The van der Waals surface area contributed by atoms with Crippen LogP contribution in [-0.2, 0) is 4.79 Å². The summed E-state index contributed by atoms with van der Waals surface area (Å²) in [6.45, 7) is 2.57. The van der Waals surface area contributed by atoms with Gasteiger partial charge in [0.25, 0.3) is 5.91 Å². The van der Waals surface area contributed by atoms with Gasteiger partial charge in [0.2, 0.25) is 0 Å². The largest absolute Gasteiger partial charge is 0.494 e. The number of carbonyl (C=O) groups excluding carboxylic acids is 1. The van der Waals surface area contributed by atoms with E-state index in [-0.39, 0.29) is 11.7 Å². The van der Waals surface area contributed by atoms with Crippen LogP contribution in [0.1, 0.15) is 12.5 Å². The van der Waals surface area contributed by atoms with Crippen LogP contribution in [0.3, 0.4) is 0 Å². The van der Waals surface area contributed by atoms with E-state index < -0.39 is 0 Å². The van der Waals surface area contributed by atoms with E-state index in [2.05, 4.69) is 20.5 Å². The zero-order valence-electron chi connectivity index (χ0n) is 13.7. The van der Waals surface area contributed by atoms with Crippen LogP contribution in [0.2, 0.25) is 0 Å². The molecule has 0 saturated carbocycles. The molecule has 3 rings (SSSR count). The third kappa shape index (κ3) is 4.84. The van der Waals surface area contributed by atoms with Gasteiger partial charge in [0.15, 0.2) is 5.16 Å². The maximum atomic E-state index is 11.9. The quantitative estimate of drug-likeness (QED) is 0.388. The monoisotopic (exact) mass is 354 g/mol. The van der Waals surface area contributed by atoms with Gasteiger partial charge in [-0.1, -0.05) is 23.9 Å². The Bertz CT molecular complexity index is 841. The number of aromatic nitrogens is 2. The molecule has 0 radical (unpaired) electrons. The Morgan fingerprint density at radius 2 is 2.08 bits per heavy atom. The molecule has 0 atom stereocenters. The Labute approximate surface area is 149 Å². The van der Waals surface area contributed by atoms with Crippen LogP contribution in [0.15, 0.2) is 58.8 Å². The zero-order valence-corrected chi connectivity index (χ0v) is 14.5. The topological polar surface area (TPSA) is 79.4 Å². The number of hydrazone groups is 1. The van der Waals surface area contributed by atoms with Crippen molar-refractivity contribution in [1.29, 1.82) is 0 Å². The van der Waals surface area contributed by atoms with Crippen LogP contribution in [0.4, 0.5) is 0 Å². The summed E-state index contributed by atoms with van der Waals surface area (Å²) in [7, 11) is 0. The number of ether oxygens (including phenoxy) is 1. The van der Waals surface area contributed by atoms with Crippen molar-refractivity contribution in [2.75, 3.05) is 12.4 Å². The Morgan fingerprint density at radius 3 is 2.84 bits per heavy atom. The van der Waals surface area contributed by atoms with Crippen molar-refractivity contribution >= 4 is 34.9 Å². The number of imidazole rings is 1. The highest BCUT2D eigenvalue weighted by molar-refractivity contribution is 7.99. The molecule has 7 heteroatoms. The first-order valence-corrected chi connectivity index (χ1v) is 8.85. The summed E-state index contributed by atoms with van der Waals surface area (Å²) in [6, 6.07) is 15.2. The van der Waals surface area contributed by atoms with Crippen LogP contribution >= 0.6 is 11.8 Å². The maximum Gasteiger partial charge on any atom is 0.250 e. The highest BCUT2D eigenvalue weighted by Crippen LogP contribution is 2.18. The fourth-order valence-electron chi connectivity index (χ4n) is 2.16. The second-order valence-electron chi connectivity index (χ2n) is 5.14. The molecule has 1 amide bonds. The summed E-state index contributed by atoms with van der Waals surface area (Å²) in [4.78, 5) is 19.4. The van der Waals surface area contributed by atoms with Gasteiger partial charge < -0.3 is 9.72 Å². The lowest BCUT2D eigenvalue weighted by atomic mass is 10.2. The van der Waals surface area contributed by atoms with Crippen molar-refractivity contribution in [1.82, 2.24) is 15.4 Å². The van der Waals surface area contributed by atoms with Crippen LogP contribution in [0.25, 0.3) is 11.0 Å². The molecular formula is C18H18N4O2S. The molecule has 0 aliphatic heterocycles. The Balaban J connectivity index is 1.47. The molecule has 2 aromatic carbocycles. The molecule has 0 aliphatic rings. The number of H-pyrrole nitrogens is 1. The number of hydrogen-bond acceptors (Lipinski definition) is 5. The van der Waals surface area contributed by atoms with Gasteiger partial charge in [0.05, 0.1) is 29.6 Å².